The molecule has 0 radical (unpaired) electrons. The number of amides is 1. The number of hydrogen-bond donors (Lipinski definition) is 1. The smallest absolute Gasteiger partial charge is 0.226 e. The normalized spacial score (nSPS) is 11.0. The molecule has 0 unspecified atom stereocenters. The van der Waals surface area contributed by atoms with Gasteiger partial charge in [0.1, 0.15) is 0 Å². The molecule has 2 aromatic heterocycles. The van der Waals surface area contributed by atoms with E-state index in [1.165, 1.54) is 5.56 Å². The molecule has 1 N–H and O–H groups in total. The van der Waals surface area contributed by atoms with E-state index in [0.717, 1.165) is 36.5 Å². The summed E-state index contributed by atoms with van der Waals surface area (Å²) in [6.45, 7) is 6.76. The molecule has 24 heavy (non-hydrogen) atoms. The van der Waals surface area contributed by atoms with Gasteiger partial charge in [-0.25, -0.2) is 0 Å². The maximum Gasteiger partial charge on any atom is 0.226 e. The van der Waals surface area contributed by atoms with Crippen LogP contribution in [0.2, 0.25) is 0 Å². The quantitative estimate of drug-likeness (QED) is 0.759. The molecule has 0 bridgehead atoms. The second kappa shape index (κ2) is 8.61. The molecule has 0 saturated carbocycles. The molecule has 0 fully saturated rings. The zero-order valence-corrected chi connectivity index (χ0v) is 15.1. The second-order valence-electron chi connectivity index (χ2n) is 6.08. The molecule has 132 valence electrons. The van der Waals surface area contributed by atoms with Crippen molar-refractivity contribution in [1.29, 1.82) is 0 Å². The minimum absolute atomic E-state index is 0.0579. The lowest BCUT2D eigenvalue weighted by molar-refractivity contribution is -0.121. The molecule has 0 aromatic carbocycles. The van der Waals surface area contributed by atoms with Gasteiger partial charge in [-0.05, 0) is 38.7 Å². The highest BCUT2D eigenvalue weighted by Crippen LogP contribution is 2.12. The lowest BCUT2D eigenvalue weighted by Gasteiger charge is -2.05. The predicted molar refractivity (Wildman–Crippen MR) is 90.6 cm³/mol. The molecule has 0 saturated heterocycles. The number of nitrogens with one attached hydrogen (secondary N) is 1. The Kier molecular flexibility index (Phi) is 6.52. The Labute approximate surface area is 142 Å². The van der Waals surface area contributed by atoms with E-state index in [1.807, 2.05) is 25.6 Å². The van der Waals surface area contributed by atoms with Gasteiger partial charge >= 0.3 is 0 Å². The minimum atomic E-state index is 0.0579. The maximum atomic E-state index is 11.9. The SMILES string of the molecule is CCCc1noc(CCCC(=O)NCCc2c(C)nn(C)c2C)n1. The van der Waals surface area contributed by atoms with Gasteiger partial charge in [0.25, 0.3) is 0 Å². The fraction of sp³-hybridized carbons (Fsp3) is 0.647. The van der Waals surface area contributed by atoms with E-state index in [2.05, 4.69) is 27.5 Å². The van der Waals surface area contributed by atoms with Crippen molar-refractivity contribution in [2.75, 3.05) is 6.54 Å². The Morgan fingerprint density at radius 3 is 2.71 bits per heavy atom. The first-order chi connectivity index (χ1) is 11.5. The van der Waals surface area contributed by atoms with Crippen molar-refractivity contribution in [2.45, 2.75) is 59.3 Å². The van der Waals surface area contributed by atoms with E-state index in [4.69, 9.17) is 4.52 Å². The average Bonchev–Trinajstić information content (AvgIpc) is 3.07. The highest BCUT2D eigenvalue weighted by Gasteiger charge is 2.10. The maximum absolute atomic E-state index is 11.9. The van der Waals surface area contributed by atoms with Gasteiger partial charge in [-0.3, -0.25) is 9.48 Å². The Morgan fingerprint density at radius 1 is 1.25 bits per heavy atom. The summed E-state index contributed by atoms with van der Waals surface area (Å²) in [7, 11) is 1.94. The first-order valence-electron chi connectivity index (χ1n) is 8.58. The van der Waals surface area contributed by atoms with Crippen LogP contribution in [0.25, 0.3) is 0 Å². The van der Waals surface area contributed by atoms with Crippen LogP contribution in [0.1, 0.15) is 54.9 Å². The lowest BCUT2D eigenvalue weighted by atomic mass is 10.1. The number of aryl methyl sites for hydroxylation is 4. The highest BCUT2D eigenvalue weighted by atomic mass is 16.5. The largest absolute Gasteiger partial charge is 0.356 e. The molecule has 0 atom stereocenters. The number of rotatable bonds is 9. The average molecular weight is 333 g/mol. The zero-order chi connectivity index (χ0) is 17.5. The predicted octanol–water partition coefficient (Wildman–Crippen LogP) is 2.05. The summed E-state index contributed by atoms with van der Waals surface area (Å²) >= 11 is 0. The van der Waals surface area contributed by atoms with Gasteiger partial charge in [-0.15, -0.1) is 0 Å². The fourth-order valence-electron chi connectivity index (χ4n) is 2.71. The number of nitrogens with zero attached hydrogens (tertiary/aromatic N) is 4. The van der Waals surface area contributed by atoms with Crippen LogP contribution < -0.4 is 5.32 Å². The van der Waals surface area contributed by atoms with Crippen molar-refractivity contribution in [3.63, 3.8) is 0 Å². The van der Waals surface area contributed by atoms with Gasteiger partial charge < -0.3 is 9.84 Å². The number of aromatic nitrogens is 4. The van der Waals surface area contributed by atoms with E-state index in [0.29, 0.717) is 31.7 Å². The van der Waals surface area contributed by atoms with Crippen LogP contribution in [0.15, 0.2) is 4.52 Å². The molecular weight excluding hydrogens is 306 g/mol. The summed E-state index contributed by atoms with van der Waals surface area (Å²) in [5.74, 6) is 1.43. The van der Waals surface area contributed by atoms with E-state index in [9.17, 15) is 4.79 Å². The van der Waals surface area contributed by atoms with E-state index < -0.39 is 0 Å². The number of hydrogen-bond acceptors (Lipinski definition) is 5. The first-order valence-corrected chi connectivity index (χ1v) is 8.58. The van der Waals surface area contributed by atoms with Crippen LogP contribution in [-0.2, 0) is 31.1 Å². The lowest BCUT2D eigenvalue weighted by Crippen LogP contribution is -2.25. The summed E-state index contributed by atoms with van der Waals surface area (Å²) in [5.41, 5.74) is 3.40. The van der Waals surface area contributed by atoms with Gasteiger partial charge in [-0.1, -0.05) is 12.1 Å². The van der Waals surface area contributed by atoms with Crippen molar-refractivity contribution in [2.24, 2.45) is 7.05 Å². The Balaban J connectivity index is 1.66. The van der Waals surface area contributed by atoms with Crippen LogP contribution >= 0.6 is 0 Å². The van der Waals surface area contributed by atoms with Gasteiger partial charge in [0.05, 0.1) is 5.69 Å². The summed E-state index contributed by atoms with van der Waals surface area (Å²) < 4.78 is 7.04. The molecule has 0 spiro atoms. The molecule has 2 rings (SSSR count). The minimum Gasteiger partial charge on any atom is -0.356 e. The summed E-state index contributed by atoms with van der Waals surface area (Å²) in [5, 5.41) is 11.3. The van der Waals surface area contributed by atoms with Crippen molar-refractivity contribution in [3.05, 3.63) is 28.7 Å². The van der Waals surface area contributed by atoms with Gasteiger partial charge in [-0.2, -0.15) is 10.1 Å². The van der Waals surface area contributed by atoms with Crippen molar-refractivity contribution < 1.29 is 9.32 Å². The van der Waals surface area contributed by atoms with Crippen molar-refractivity contribution >= 4 is 5.91 Å². The highest BCUT2D eigenvalue weighted by molar-refractivity contribution is 5.75. The van der Waals surface area contributed by atoms with Crippen LogP contribution in [0.4, 0.5) is 0 Å². The summed E-state index contributed by atoms with van der Waals surface area (Å²) in [6, 6.07) is 0. The topological polar surface area (TPSA) is 85.8 Å². The summed E-state index contributed by atoms with van der Waals surface area (Å²) in [6.07, 6.45) is 4.46. The van der Waals surface area contributed by atoms with Gasteiger partial charge in [0.2, 0.25) is 11.8 Å². The van der Waals surface area contributed by atoms with Crippen molar-refractivity contribution in [1.82, 2.24) is 25.2 Å². The van der Waals surface area contributed by atoms with Crippen LogP contribution in [-0.4, -0.2) is 32.4 Å². The van der Waals surface area contributed by atoms with E-state index in [-0.39, 0.29) is 5.91 Å². The van der Waals surface area contributed by atoms with Crippen LogP contribution in [0.5, 0.6) is 0 Å². The molecule has 7 heteroatoms. The molecular formula is C17H27N5O2. The van der Waals surface area contributed by atoms with Gasteiger partial charge in [0, 0.05) is 38.5 Å². The fourth-order valence-corrected chi connectivity index (χ4v) is 2.71. The molecule has 0 aliphatic rings. The van der Waals surface area contributed by atoms with Crippen molar-refractivity contribution in [3.8, 4) is 0 Å². The third-order valence-corrected chi connectivity index (χ3v) is 4.13. The Morgan fingerprint density at radius 2 is 2.04 bits per heavy atom. The zero-order valence-electron chi connectivity index (χ0n) is 15.1. The third kappa shape index (κ3) is 4.91. The monoisotopic (exact) mass is 333 g/mol. The van der Waals surface area contributed by atoms with Crippen LogP contribution in [0.3, 0.4) is 0 Å². The molecule has 1 amide bonds. The molecule has 0 aliphatic carbocycles. The Hall–Kier alpha value is -2.18. The Bertz CT molecular complexity index is 675. The molecule has 0 aliphatic heterocycles. The second-order valence-corrected chi connectivity index (χ2v) is 6.08. The number of carbonyl (C=O) groups is 1. The summed E-state index contributed by atoms with van der Waals surface area (Å²) in [4.78, 5) is 16.2. The molecule has 7 nitrogen and oxygen atoms in total. The van der Waals surface area contributed by atoms with Crippen LogP contribution in [0, 0.1) is 13.8 Å². The van der Waals surface area contributed by atoms with E-state index >= 15 is 0 Å². The van der Waals surface area contributed by atoms with E-state index in [1.54, 1.807) is 0 Å². The third-order valence-electron chi connectivity index (χ3n) is 4.13. The standard InChI is InChI=1S/C17H27N5O2/c1-5-7-15-19-17(24-21-15)9-6-8-16(23)18-11-10-14-12(2)20-22(4)13(14)3/h5-11H2,1-4H3,(H,18,23). The molecule has 2 heterocycles. The first kappa shape index (κ1) is 18.2. The van der Waals surface area contributed by atoms with Gasteiger partial charge in [0.15, 0.2) is 5.82 Å². The molecule has 2 aromatic rings. The number of carbonyl (C=O) groups excluding carboxylic acids is 1.